The van der Waals surface area contributed by atoms with Gasteiger partial charge in [-0.3, -0.25) is 0 Å². The molecule has 0 radical (unpaired) electrons. The molecule has 2 aromatic carbocycles. The molecule has 4 heteroatoms. The van der Waals surface area contributed by atoms with Gasteiger partial charge in [-0.1, -0.05) is 65.7 Å². The lowest BCUT2D eigenvalue weighted by Gasteiger charge is -2.10. The van der Waals surface area contributed by atoms with Gasteiger partial charge in [0.05, 0.1) is 18.4 Å². The van der Waals surface area contributed by atoms with Gasteiger partial charge in [0, 0.05) is 0 Å². The van der Waals surface area contributed by atoms with E-state index in [1.54, 1.807) is 42.7 Å². The van der Waals surface area contributed by atoms with Gasteiger partial charge < -0.3 is 14.2 Å². The average molecular weight is 481 g/mol. The third kappa shape index (κ3) is 12.5. The minimum atomic E-state index is -0.392. The molecule has 0 fully saturated rings. The van der Waals surface area contributed by atoms with Gasteiger partial charge in [-0.25, -0.2) is 4.79 Å². The van der Waals surface area contributed by atoms with Crippen molar-refractivity contribution in [2.75, 3.05) is 6.61 Å². The summed E-state index contributed by atoms with van der Waals surface area (Å²) in [5.74, 6) is 2.31. The van der Waals surface area contributed by atoms with E-state index in [2.05, 4.69) is 26.8 Å². The zero-order chi connectivity index (χ0) is 25.1. The van der Waals surface area contributed by atoms with Crippen LogP contribution < -0.4 is 14.2 Å². The van der Waals surface area contributed by atoms with Crippen LogP contribution in [0.2, 0.25) is 0 Å². The molecule has 0 amide bonds. The maximum Gasteiger partial charge on any atom is 0.343 e. The molecule has 0 spiro atoms. The number of esters is 1. The Bertz CT molecular complexity index is 839. The van der Waals surface area contributed by atoms with Crippen molar-refractivity contribution >= 4 is 5.97 Å². The highest BCUT2D eigenvalue weighted by Gasteiger charge is 2.09. The molecule has 0 saturated heterocycles. The number of allylic oxidation sites excluding steroid dienone is 1. The Morgan fingerprint density at radius 2 is 1.43 bits per heavy atom. The van der Waals surface area contributed by atoms with Gasteiger partial charge >= 0.3 is 5.97 Å². The lowest BCUT2D eigenvalue weighted by atomic mass is 10.0. The fraction of sp³-hybridized carbons (Fsp3) is 0.516. The number of unbranched alkanes of at least 4 members (excludes halogenated alkanes) is 7. The lowest BCUT2D eigenvalue weighted by molar-refractivity contribution is 0.0734. The van der Waals surface area contributed by atoms with E-state index in [0.717, 1.165) is 30.3 Å². The smallest absolute Gasteiger partial charge is 0.343 e. The minimum absolute atomic E-state index is 0.392. The minimum Gasteiger partial charge on any atom is -0.494 e. The van der Waals surface area contributed by atoms with Crippen LogP contribution in [0.5, 0.6) is 17.2 Å². The summed E-state index contributed by atoms with van der Waals surface area (Å²) in [5, 5.41) is 0. The van der Waals surface area contributed by atoms with Gasteiger partial charge in [-0.15, -0.1) is 0 Å². The molecule has 2 rings (SSSR count). The van der Waals surface area contributed by atoms with Gasteiger partial charge in [-0.05, 0) is 86.2 Å². The summed E-state index contributed by atoms with van der Waals surface area (Å²) in [5.41, 5.74) is 0.491. The summed E-state index contributed by atoms with van der Waals surface area (Å²) in [7, 11) is 0. The number of carbonyl (C=O) groups is 1. The predicted octanol–water partition coefficient (Wildman–Crippen LogP) is 9.14. The van der Waals surface area contributed by atoms with Crippen LogP contribution in [0.3, 0.4) is 0 Å². The van der Waals surface area contributed by atoms with Crippen LogP contribution in [0, 0.1) is 5.92 Å². The fourth-order valence-electron chi connectivity index (χ4n) is 3.68. The van der Waals surface area contributed by atoms with Gasteiger partial charge in [0.2, 0.25) is 0 Å². The molecular weight excluding hydrogens is 436 g/mol. The van der Waals surface area contributed by atoms with E-state index >= 15 is 0 Å². The van der Waals surface area contributed by atoms with Crippen LogP contribution in [0.1, 0.15) is 102 Å². The quantitative estimate of drug-likeness (QED) is 0.0923. The number of hydrogen-bond acceptors (Lipinski definition) is 4. The Morgan fingerprint density at radius 3 is 2.11 bits per heavy atom. The van der Waals surface area contributed by atoms with Gasteiger partial charge in [0.15, 0.2) is 0 Å². The summed E-state index contributed by atoms with van der Waals surface area (Å²) in [6.45, 7) is 7.41. The summed E-state index contributed by atoms with van der Waals surface area (Å²) >= 11 is 0. The van der Waals surface area contributed by atoms with Crippen molar-refractivity contribution in [3.63, 3.8) is 0 Å². The average Bonchev–Trinajstić information content (AvgIpc) is 2.88. The molecule has 0 saturated carbocycles. The third-order valence-corrected chi connectivity index (χ3v) is 6.21. The van der Waals surface area contributed by atoms with Crippen molar-refractivity contribution in [2.45, 2.75) is 91.4 Å². The van der Waals surface area contributed by atoms with Crippen molar-refractivity contribution in [3.05, 3.63) is 66.4 Å². The predicted molar refractivity (Wildman–Crippen MR) is 144 cm³/mol. The first-order valence-electron chi connectivity index (χ1n) is 13.5. The zero-order valence-corrected chi connectivity index (χ0v) is 22.0. The number of ether oxygens (including phenoxy) is 3. The van der Waals surface area contributed by atoms with Crippen molar-refractivity contribution in [2.24, 2.45) is 5.92 Å². The summed E-state index contributed by atoms with van der Waals surface area (Å²) < 4.78 is 16.9. The van der Waals surface area contributed by atoms with E-state index in [4.69, 9.17) is 14.2 Å². The highest BCUT2D eigenvalue weighted by molar-refractivity contribution is 5.91. The number of carbonyl (C=O) groups excluding carboxylic acids is 1. The van der Waals surface area contributed by atoms with Crippen molar-refractivity contribution in [1.82, 2.24) is 0 Å². The monoisotopic (exact) mass is 480 g/mol. The second-order valence-electron chi connectivity index (χ2n) is 9.29. The molecule has 0 aromatic heterocycles. The van der Waals surface area contributed by atoms with E-state index in [0.29, 0.717) is 17.9 Å². The molecule has 0 aliphatic carbocycles. The molecule has 192 valence electrons. The number of rotatable bonds is 18. The van der Waals surface area contributed by atoms with E-state index in [-0.39, 0.29) is 0 Å². The molecule has 0 aliphatic rings. The third-order valence-electron chi connectivity index (χ3n) is 6.21. The first-order valence-corrected chi connectivity index (χ1v) is 13.5. The Kier molecular flexibility index (Phi) is 14.4. The second-order valence-corrected chi connectivity index (χ2v) is 9.29. The van der Waals surface area contributed by atoms with Gasteiger partial charge in [0.25, 0.3) is 0 Å². The Balaban J connectivity index is 1.65. The zero-order valence-electron chi connectivity index (χ0n) is 22.0. The molecule has 0 heterocycles. The first-order chi connectivity index (χ1) is 17.1. The topological polar surface area (TPSA) is 44.8 Å². The molecule has 0 bridgehead atoms. The highest BCUT2D eigenvalue weighted by Crippen LogP contribution is 2.20. The molecule has 0 aliphatic heterocycles. The normalized spacial score (nSPS) is 12.0. The van der Waals surface area contributed by atoms with Crippen LogP contribution >= 0.6 is 0 Å². The number of hydrogen-bond donors (Lipinski definition) is 0. The van der Waals surface area contributed by atoms with Crippen LogP contribution in [0.4, 0.5) is 0 Å². The van der Waals surface area contributed by atoms with Gasteiger partial charge in [-0.2, -0.15) is 0 Å². The van der Waals surface area contributed by atoms with E-state index in [9.17, 15) is 4.79 Å². The van der Waals surface area contributed by atoms with Crippen LogP contribution in [-0.2, 0) is 0 Å². The fourth-order valence-corrected chi connectivity index (χ4v) is 3.68. The van der Waals surface area contributed by atoms with Gasteiger partial charge in [0.1, 0.15) is 17.2 Å². The number of benzene rings is 2. The maximum absolute atomic E-state index is 12.4. The second kappa shape index (κ2) is 17.7. The molecular formula is C31H44O4. The van der Waals surface area contributed by atoms with E-state index in [1.165, 1.54) is 57.8 Å². The Hall–Kier alpha value is -2.75. The Labute approximate surface area is 212 Å². The SMILES string of the molecule is CCCCCCCCC/C=C/Oc1ccc(OC(=O)c2ccc(OCCC[C@@H](C)CC)cc2)cc1. The summed E-state index contributed by atoms with van der Waals surface area (Å²) in [6, 6.07) is 14.2. The Morgan fingerprint density at radius 1 is 0.800 bits per heavy atom. The summed E-state index contributed by atoms with van der Waals surface area (Å²) in [6.07, 6.45) is 17.4. The molecule has 1 atom stereocenters. The largest absolute Gasteiger partial charge is 0.494 e. The van der Waals surface area contributed by atoms with Crippen LogP contribution in [0.15, 0.2) is 60.9 Å². The van der Waals surface area contributed by atoms with Crippen molar-refractivity contribution in [3.8, 4) is 17.2 Å². The standard InChI is InChI=1S/C31H44O4/c1-4-6-7-8-9-10-11-12-13-24-33-29-20-22-30(23-21-29)35-31(32)27-16-18-28(19-17-27)34-25-14-15-26(3)5-2/h13,16-24,26H,4-12,14-15,25H2,1-3H3/b24-13+/t26-/m0/s1. The van der Waals surface area contributed by atoms with Crippen LogP contribution in [0.25, 0.3) is 0 Å². The molecule has 2 aromatic rings. The summed E-state index contributed by atoms with van der Waals surface area (Å²) in [4.78, 5) is 12.4. The molecule has 35 heavy (non-hydrogen) atoms. The van der Waals surface area contributed by atoms with Crippen molar-refractivity contribution < 1.29 is 19.0 Å². The van der Waals surface area contributed by atoms with E-state index < -0.39 is 5.97 Å². The van der Waals surface area contributed by atoms with Crippen LogP contribution in [-0.4, -0.2) is 12.6 Å². The van der Waals surface area contributed by atoms with Crippen molar-refractivity contribution in [1.29, 1.82) is 0 Å². The highest BCUT2D eigenvalue weighted by atomic mass is 16.5. The van der Waals surface area contributed by atoms with E-state index in [1.807, 2.05) is 12.1 Å². The molecule has 0 unspecified atom stereocenters. The molecule has 4 nitrogen and oxygen atoms in total. The maximum atomic E-state index is 12.4. The first kappa shape index (κ1) is 28.5. The lowest BCUT2D eigenvalue weighted by Crippen LogP contribution is -2.08. The molecule has 0 N–H and O–H groups in total.